The summed E-state index contributed by atoms with van der Waals surface area (Å²) in [5, 5.41) is 0. The number of imide groups is 1. The first-order valence-electron chi connectivity index (χ1n) is 8.43. The minimum absolute atomic E-state index is 0.0602. The van der Waals surface area contributed by atoms with Crippen molar-refractivity contribution in [2.45, 2.75) is 18.9 Å². The Balaban J connectivity index is 1.41. The molecule has 0 spiro atoms. The molecule has 2 aliphatic rings. The van der Waals surface area contributed by atoms with Crippen molar-refractivity contribution in [2.24, 2.45) is 0 Å². The molecule has 0 radical (unpaired) electrons. The van der Waals surface area contributed by atoms with Gasteiger partial charge in [-0.05, 0) is 23.3 Å². The maximum Gasteiger partial charge on any atom is 0.253 e. The van der Waals surface area contributed by atoms with E-state index in [2.05, 4.69) is 0 Å². The standard InChI is InChI=1S/C20H18N2O3/c23-18-10-11-19(24)22(18)17-12-21(13-17)20(25)16-8-6-15(7-9-16)14-4-2-1-3-5-14/h1-9,17H,10-13H2. The Labute approximate surface area is 145 Å². The van der Waals surface area contributed by atoms with Crippen LogP contribution in [0.3, 0.4) is 0 Å². The molecule has 3 amide bonds. The van der Waals surface area contributed by atoms with E-state index in [1.165, 1.54) is 4.90 Å². The molecule has 0 unspecified atom stereocenters. The Morgan fingerprint density at radius 3 is 1.96 bits per heavy atom. The molecule has 5 heteroatoms. The van der Waals surface area contributed by atoms with Crippen LogP contribution in [0.4, 0.5) is 0 Å². The van der Waals surface area contributed by atoms with Gasteiger partial charge in [0.1, 0.15) is 0 Å². The molecule has 0 aromatic heterocycles. The van der Waals surface area contributed by atoms with Gasteiger partial charge in [-0.1, -0.05) is 42.5 Å². The second-order valence-electron chi connectivity index (χ2n) is 6.46. The van der Waals surface area contributed by atoms with Gasteiger partial charge in [-0.2, -0.15) is 0 Å². The Morgan fingerprint density at radius 2 is 1.36 bits per heavy atom. The van der Waals surface area contributed by atoms with Crippen LogP contribution < -0.4 is 0 Å². The summed E-state index contributed by atoms with van der Waals surface area (Å²) in [5.41, 5.74) is 2.79. The number of rotatable bonds is 3. The quantitative estimate of drug-likeness (QED) is 0.810. The molecule has 2 saturated heterocycles. The number of nitrogens with zero attached hydrogens (tertiary/aromatic N) is 2. The second kappa shape index (κ2) is 6.16. The summed E-state index contributed by atoms with van der Waals surface area (Å²) < 4.78 is 0. The van der Waals surface area contributed by atoms with Crippen LogP contribution in [0.25, 0.3) is 11.1 Å². The number of carbonyl (C=O) groups is 3. The van der Waals surface area contributed by atoms with E-state index < -0.39 is 0 Å². The molecular weight excluding hydrogens is 316 g/mol. The summed E-state index contributed by atoms with van der Waals surface area (Å²) in [7, 11) is 0. The van der Waals surface area contributed by atoms with Crippen LogP contribution in [0, 0.1) is 0 Å². The third kappa shape index (κ3) is 2.82. The number of hydrogen-bond acceptors (Lipinski definition) is 3. The number of carbonyl (C=O) groups excluding carboxylic acids is 3. The Morgan fingerprint density at radius 1 is 0.800 bits per heavy atom. The van der Waals surface area contributed by atoms with Crippen LogP contribution in [-0.2, 0) is 9.59 Å². The fourth-order valence-electron chi connectivity index (χ4n) is 3.40. The fourth-order valence-corrected chi connectivity index (χ4v) is 3.40. The number of likely N-dealkylation sites (tertiary alicyclic amines) is 2. The molecule has 5 nitrogen and oxygen atoms in total. The van der Waals surface area contributed by atoms with Gasteiger partial charge in [-0.3, -0.25) is 19.3 Å². The van der Waals surface area contributed by atoms with Gasteiger partial charge in [-0.15, -0.1) is 0 Å². The van der Waals surface area contributed by atoms with Gasteiger partial charge in [-0.25, -0.2) is 0 Å². The average molecular weight is 334 g/mol. The van der Waals surface area contributed by atoms with Gasteiger partial charge in [0.15, 0.2) is 0 Å². The number of benzene rings is 2. The highest BCUT2D eigenvalue weighted by Gasteiger charge is 2.42. The molecule has 2 fully saturated rings. The summed E-state index contributed by atoms with van der Waals surface area (Å²) >= 11 is 0. The SMILES string of the molecule is O=C(c1ccc(-c2ccccc2)cc1)N1CC(N2C(=O)CCC2=O)C1. The molecule has 2 aliphatic heterocycles. The molecule has 2 aromatic rings. The first-order chi connectivity index (χ1) is 12.1. The summed E-state index contributed by atoms with van der Waals surface area (Å²) in [4.78, 5) is 39.0. The average Bonchev–Trinajstić information content (AvgIpc) is 2.94. The molecular formula is C20H18N2O3. The highest BCUT2D eigenvalue weighted by molar-refractivity contribution is 6.03. The van der Waals surface area contributed by atoms with Gasteiger partial charge >= 0.3 is 0 Å². The van der Waals surface area contributed by atoms with E-state index >= 15 is 0 Å². The van der Waals surface area contributed by atoms with Crippen molar-refractivity contribution < 1.29 is 14.4 Å². The smallest absolute Gasteiger partial charge is 0.253 e. The zero-order valence-electron chi connectivity index (χ0n) is 13.7. The molecule has 126 valence electrons. The molecule has 0 N–H and O–H groups in total. The van der Waals surface area contributed by atoms with Gasteiger partial charge in [0.05, 0.1) is 6.04 Å². The van der Waals surface area contributed by atoms with Gasteiger partial charge in [0.25, 0.3) is 5.91 Å². The van der Waals surface area contributed by atoms with Crippen molar-refractivity contribution in [3.63, 3.8) is 0 Å². The normalized spacial score (nSPS) is 17.8. The first-order valence-corrected chi connectivity index (χ1v) is 8.43. The summed E-state index contributed by atoms with van der Waals surface area (Å²) in [5.74, 6) is -0.293. The zero-order valence-corrected chi connectivity index (χ0v) is 13.7. The fraction of sp³-hybridized carbons (Fsp3) is 0.250. The molecule has 0 saturated carbocycles. The highest BCUT2D eigenvalue weighted by Crippen LogP contribution is 2.25. The topological polar surface area (TPSA) is 57.7 Å². The van der Waals surface area contributed by atoms with Gasteiger partial charge < -0.3 is 4.90 Å². The van der Waals surface area contributed by atoms with E-state index in [9.17, 15) is 14.4 Å². The third-order valence-electron chi connectivity index (χ3n) is 4.84. The van der Waals surface area contributed by atoms with Crippen molar-refractivity contribution in [1.82, 2.24) is 9.80 Å². The van der Waals surface area contributed by atoms with Crippen LogP contribution in [0.5, 0.6) is 0 Å². The largest absolute Gasteiger partial charge is 0.334 e. The number of amides is 3. The second-order valence-corrected chi connectivity index (χ2v) is 6.46. The van der Waals surface area contributed by atoms with Crippen LogP contribution in [0.1, 0.15) is 23.2 Å². The van der Waals surface area contributed by atoms with Crippen molar-refractivity contribution in [3.8, 4) is 11.1 Å². The highest BCUT2D eigenvalue weighted by atomic mass is 16.2. The molecule has 0 bridgehead atoms. The van der Waals surface area contributed by atoms with Crippen LogP contribution in [-0.4, -0.2) is 46.7 Å². The van der Waals surface area contributed by atoms with Crippen LogP contribution in [0.2, 0.25) is 0 Å². The van der Waals surface area contributed by atoms with E-state index in [0.717, 1.165) is 11.1 Å². The maximum atomic E-state index is 12.5. The predicted octanol–water partition coefficient (Wildman–Crippen LogP) is 2.33. The lowest BCUT2D eigenvalue weighted by Gasteiger charge is -2.43. The van der Waals surface area contributed by atoms with E-state index in [1.807, 2.05) is 54.6 Å². The lowest BCUT2D eigenvalue weighted by molar-refractivity contribution is -0.144. The van der Waals surface area contributed by atoms with Crippen LogP contribution in [0.15, 0.2) is 54.6 Å². The van der Waals surface area contributed by atoms with Crippen molar-refractivity contribution in [2.75, 3.05) is 13.1 Å². The minimum Gasteiger partial charge on any atom is -0.334 e. The lowest BCUT2D eigenvalue weighted by Crippen LogP contribution is -2.62. The lowest BCUT2D eigenvalue weighted by atomic mass is 10.0. The van der Waals surface area contributed by atoms with Gasteiger partial charge in [0, 0.05) is 31.5 Å². The summed E-state index contributed by atoms with van der Waals surface area (Å²) in [6, 6.07) is 17.4. The molecule has 25 heavy (non-hydrogen) atoms. The Hall–Kier alpha value is -2.95. The number of hydrogen-bond donors (Lipinski definition) is 0. The zero-order chi connectivity index (χ0) is 17.4. The molecule has 4 rings (SSSR count). The summed E-state index contributed by atoms with van der Waals surface area (Å²) in [6.45, 7) is 0.855. The van der Waals surface area contributed by atoms with Crippen molar-refractivity contribution in [1.29, 1.82) is 0 Å². The minimum atomic E-state index is -0.157. The molecule has 2 heterocycles. The van der Waals surface area contributed by atoms with E-state index in [4.69, 9.17) is 0 Å². The predicted molar refractivity (Wildman–Crippen MR) is 92.7 cm³/mol. The Kier molecular flexibility index (Phi) is 3.84. The first kappa shape index (κ1) is 15.6. The van der Waals surface area contributed by atoms with Crippen molar-refractivity contribution in [3.05, 3.63) is 60.2 Å². The van der Waals surface area contributed by atoms with E-state index in [1.54, 1.807) is 4.90 Å². The molecule has 0 atom stereocenters. The van der Waals surface area contributed by atoms with E-state index in [-0.39, 0.29) is 23.8 Å². The third-order valence-corrected chi connectivity index (χ3v) is 4.84. The summed E-state index contributed by atoms with van der Waals surface area (Å²) in [6.07, 6.45) is 0.592. The molecule has 0 aliphatic carbocycles. The van der Waals surface area contributed by atoms with Gasteiger partial charge in [0.2, 0.25) is 11.8 Å². The van der Waals surface area contributed by atoms with Crippen molar-refractivity contribution >= 4 is 17.7 Å². The maximum absolute atomic E-state index is 12.5. The van der Waals surface area contributed by atoms with E-state index in [0.29, 0.717) is 31.5 Å². The Bertz CT molecular complexity index is 808. The van der Waals surface area contributed by atoms with Crippen LogP contribution >= 0.6 is 0 Å². The monoisotopic (exact) mass is 334 g/mol. The molecule has 2 aromatic carbocycles.